The van der Waals surface area contributed by atoms with Gasteiger partial charge in [0.05, 0.1) is 28.7 Å². The number of amides is 1. The molecule has 2 aromatic rings. The fourth-order valence-corrected chi connectivity index (χ4v) is 5.69. The molecular weight excluding hydrogens is 457 g/mol. The summed E-state index contributed by atoms with van der Waals surface area (Å²) in [5, 5.41) is 2.59. The zero-order valence-corrected chi connectivity index (χ0v) is 19.1. The summed E-state index contributed by atoms with van der Waals surface area (Å²) < 4.78 is 46.8. The Bertz CT molecular complexity index is 1100. The maximum atomic E-state index is 13.5. The van der Waals surface area contributed by atoms with Gasteiger partial charge in [0.15, 0.2) is 0 Å². The van der Waals surface area contributed by atoms with Gasteiger partial charge in [-0.25, -0.2) is 12.8 Å². The Labute approximate surface area is 192 Å². The first kappa shape index (κ1) is 23.0. The second-order valence-corrected chi connectivity index (χ2v) is 10.2. The predicted octanol–water partition coefficient (Wildman–Crippen LogP) is 3.74. The number of nitrogens with zero attached hydrogens (tertiary/aromatic N) is 2. The summed E-state index contributed by atoms with van der Waals surface area (Å²) in [6.45, 7) is 3.15. The number of morpholine rings is 1. The average Bonchev–Trinajstić information content (AvgIpc) is 2.82. The summed E-state index contributed by atoms with van der Waals surface area (Å²) >= 11 is 5.83. The monoisotopic (exact) mass is 481 g/mol. The van der Waals surface area contributed by atoms with Crippen molar-refractivity contribution in [2.24, 2.45) is 0 Å². The maximum Gasteiger partial charge on any atom is 0.257 e. The lowest BCUT2D eigenvalue weighted by molar-refractivity contribution is 0.102. The van der Waals surface area contributed by atoms with E-state index in [4.69, 9.17) is 16.3 Å². The van der Waals surface area contributed by atoms with Gasteiger partial charge in [-0.05, 0) is 49.2 Å². The molecule has 0 aromatic heterocycles. The molecule has 0 aliphatic carbocycles. The minimum atomic E-state index is -3.71. The molecule has 0 radical (unpaired) electrons. The zero-order valence-electron chi connectivity index (χ0n) is 17.5. The van der Waals surface area contributed by atoms with Gasteiger partial charge in [0, 0.05) is 37.6 Å². The summed E-state index contributed by atoms with van der Waals surface area (Å²) in [6.07, 6.45) is 2.66. The van der Waals surface area contributed by atoms with Gasteiger partial charge >= 0.3 is 0 Å². The first-order valence-corrected chi connectivity index (χ1v) is 12.4. The third-order valence-electron chi connectivity index (χ3n) is 5.69. The van der Waals surface area contributed by atoms with Crippen LogP contribution in [0.2, 0.25) is 5.02 Å². The van der Waals surface area contributed by atoms with E-state index in [-0.39, 0.29) is 15.5 Å². The molecule has 0 spiro atoms. The minimum Gasteiger partial charge on any atom is -0.378 e. The first-order chi connectivity index (χ1) is 15.4. The molecule has 2 fully saturated rings. The molecule has 2 aromatic carbocycles. The number of hydrogen-bond donors (Lipinski definition) is 1. The molecule has 2 aliphatic rings. The van der Waals surface area contributed by atoms with Gasteiger partial charge in [0.25, 0.3) is 5.91 Å². The number of benzene rings is 2. The van der Waals surface area contributed by atoms with Gasteiger partial charge in [-0.15, -0.1) is 0 Å². The van der Waals surface area contributed by atoms with Gasteiger partial charge in [-0.2, -0.15) is 4.31 Å². The first-order valence-electron chi connectivity index (χ1n) is 10.6. The third kappa shape index (κ3) is 4.91. The molecule has 7 nitrogen and oxygen atoms in total. The Kier molecular flexibility index (Phi) is 6.99. The maximum absolute atomic E-state index is 13.5. The van der Waals surface area contributed by atoms with Crippen molar-refractivity contribution in [3.8, 4) is 0 Å². The molecule has 2 saturated heterocycles. The second kappa shape index (κ2) is 9.74. The van der Waals surface area contributed by atoms with E-state index in [0.29, 0.717) is 50.8 Å². The summed E-state index contributed by atoms with van der Waals surface area (Å²) in [4.78, 5) is 15.3. The standard InChI is InChI=1S/C22H25ClFN3O4S/c23-19-14-16(4-6-20(19)24)25-22(28)18-15-17(32(29,30)27-8-2-1-3-9-27)5-7-21(18)26-10-12-31-13-11-26/h4-7,14-15H,1-3,8-13H2,(H,25,28). The highest BCUT2D eigenvalue weighted by atomic mass is 35.5. The highest BCUT2D eigenvalue weighted by molar-refractivity contribution is 7.89. The minimum absolute atomic E-state index is 0.0821. The predicted molar refractivity (Wildman–Crippen MR) is 121 cm³/mol. The van der Waals surface area contributed by atoms with Gasteiger partial charge in [0.1, 0.15) is 5.82 Å². The van der Waals surface area contributed by atoms with Crippen LogP contribution in [0.25, 0.3) is 0 Å². The van der Waals surface area contributed by atoms with E-state index in [9.17, 15) is 17.6 Å². The lowest BCUT2D eigenvalue weighted by atomic mass is 10.1. The van der Waals surface area contributed by atoms with Crippen LogP contribution in [0.15, 0.2) is 41.3 Å². The van der Waals surface area contributed by atoms with Gasteiger partial charge < -0.3 is 15.0 Å². The second-order valence-electron chi connectivity index (χ2n) is 7.83. The molecule has 32 heavy (non-hydrogen) atoms. The third-order valence-corrected chi connectivity index (χ3v) is 7.88. The molecule has 0 atom stereocenters. The molecule has 2 heterocycles. The van der Waals surface area contributed by atoms with Crippen molar-refractivity contribution in [3.05, 3.63) is 52.8 Å². The van der Waals surface area contributed by atoms with E-state index in [1.54, 1.807) is 12.1 Å². The molecule has 0 unspecified atom stereocenters. The Balaban J connectivity index is 1.70. The van der Waals surface area contributed by atoms with Gasteiger partial charge in [-0.3, -0.25) is 4.79 Å². The lowest BCUT2D eigenvalue weighted by Crippen LogP contribution is -2.38. The Morgan fingerprint density at radius 3 is 2.41 bits per heavy atom. The van der Waals surface area contributed by atoms with Crippen LogP contribution in [0, 0.1) is 5.82 Å². The Morgan fingerprint density at radius 2 is 1.72 bits per heavy atom. The van der Waals surface area contributed by atoms with Crippen molar-refractivity contribution in [2.75, 3.05) is 49.6 Å². The van der Waals surface area contributed by atoms with Gasteiger partial charge in [0.2, 0.25) is 10.0 Å². The molecule has 0 saturated carbocycles. The Hall–Kier alpha value is -2.20. The summed E-state index contributed by atoms with van der Waals surface area (Å²) in [5.41, 5.74) is 1.17. The van der Waals surface area contributed by atoms with Crippen molar-refractivity contribution < 1.29 is 22.3 Å². The topological polar surface area (TPSA) is 79.0 Å². The smallest absolute Gasteiger partial charge is 0.257 e. The molecule has 1 amide bonds. The van der Waals surface area contributed by atoms with Gasteiger partial charge in [-0.1, -0.05) is 18.0 Å². The van der Waals surface area contributed by atoms with Crippen molar-refractivity contribution in [1.82, 2.24) is 4.31 Å². The number of ether oxygens (including phenoxy) is 1. The SMILES string of the molecule is O=C(Nc1ccc(F)c(Cl)c1)c1cc(S(=O)(=O)N2CCCCC2)ccc1N1CCOCC1. The number of nitrogens with one attached hydrogen (secondary N) is 1. The van der Waals surface area contributed by atoms with Crippen LogP contribution in [-0.2, 0) is 14.8 Å². The van der Waals surface area contributed by atoms with E-state index < -0.39 is 21.7 Å². The molecule has 10 heteroatoms. The quantitative estimate of drug-likeness (QED) is 0.703. The normalized spacial score (nSPS) is 17.9. The van der Waals surface area contributed by atoms with Crippen LogP contribution < -0.4 is 10.2 Å². The van der Waals surface area contributed by atoms with E-state index in [1.807, 2.05) is 4.90 Å². The molecular formula is C22H25ClFN3O4S. The molecule has 1 N–H and O–H groups in total. The van der Waals surface area contributed by atoms with Crippen molar-refractivity contribution in [3.63, 3.8) is 0 Å². The van der Waals surface area contributed by atoms with Crippen LogP contribution in [0.4, 0.5) is 15.8 Å². The van der Waals surface area contributed by atoms with E-state index in [0.717, 1.165) is 25.3 Å². The number of halogens is 2. The number of carbonyl (C=O) groups is 1. The van der Waals surface area contributed by atoms with E-state index in [1.165, 1.54) is 22.5 Å². The fourth-order valence-electron chi connectivity index (χ4n) is 3.96. The van der Waals surface area contributed by atoms with E-state index in [2.05, 4.69) is 5.32 Å². The molecule has 4 rings (SSSR count). The average molecular weight is 482 g/mol. The summed E-state index contributed by atoms with van der Waals surface area (Å²) in [7, 11) is -3.71. The largest absolute Gasteiger partial charge is 0.378 e. The van der Waals surface area contributed by atoms with E-state index >= 15 is 0 Å². The van der Waals surface area contributed by atoms with Crippen LogP contribution in [0.3, 0.4) is 0 Å². The Morgan fingerprint density at radius 1 is 1.00 bits per heavy atom. The van der Waals surface area contributed by atoms with Crippen LogP contribution in [0.1, 0.15) is 29.6 Å². The number of anilines is 2. The van der Waals surface area contributed by atoms with Crippen LogP contribution in [-0.4, -0.2) is 58.0 Å². The summed E-state index contributed by atoms with van der Waals surface area (Å²) in [5.74, 6) is -1.09. The lowest BCUT2D eigenvalue weighted by Gasteiger charge is -2.31. The highest BCUT2D eigenvalue weighted by Crippen LogP contribution is 2.29. The number of sulfonamides is 1. The molecule has 0 bridgehead atoms. The highest BCUT2D eigenvalue weighted by Gasteiger charge is 2.28. The number of piperidine rings is 1. The van der Waals surface area contributed by atoms with Crippen molar-refractivity contribution in [2.45, 2.75) is 24.2 Å². The van der Waals surface area contributed by atoms with Crippen LogP contribution >= 0.6 is 11.6 Å². The fraction of sp³-hybridized carbons (Fsp3) is 0.409. The molecule has 172 valence electrons. The summed E-state index contributed by atoms with van der Waals surface area (Å²) in [6, 6.07) is 8.54. The van der Waals surface area contributed by atoms with Crippen molar-refractivity contribution in [1.29, 1.82) is 0 Å². The number of carbonyl (C=O) groups excluding carboxylic acids is 1. The molecule has 2 aliphatic heterocycles. The number of rotatable bonds is 5. The van der Waals surface area contributed by atoms with Crippen LogP contribution in [0.5, 0.6) is 0 Å². The van der Waals surface area contributed by atoms with Crippen molar-refractivity contribution >= 4 is 38.9 Å². The number of hydrogen-bond acceptors (Lipinski definition) is 5. The zero-order chi connectivity index (χ0) is 22.7.